The number of phenolic OH excluding ortho intramolecular Hbond substituents is 1. The fourth-order valence-electron chi connectivity index (χ4n) is 14.6. The van der Waals surface area contributed by atoms with Crippen LogP contribution < -0.4 is 9.64 Å². The van der Waals surface area contributed by atoms with E-state index in [1.165, 1.54) is 32.9 Å². The molecule has 3 saturated heterocycles. The molecule has 3 N–H and O–H groups in total. The molecule has 7 heterocycles. The molecule has 1 aliphatic carbocycles. The Bertz CT molecular complexity index is 2780. The lowest BCUT2D eigenvalue weighted by Crippen LogP contribution is -2.75. The number of aromatic nitrogens is 1. The molecule has 1 aromatic heterocycles. The van der Waals surface area contributed by atoms with E-state index >= 15 is 4.79 Å². The molecule has 2 bridgehead atoms. The zero-order valence-corrected chi connectivity index (χ0v) is 40.1. The third-order valence-corrected chi connectivity index (χ3v) is 18.2. The van der Waals surface area contributed by atoms with Crippen LogP contribution in [-0.4, -0.2) is 133 Å². The molecule has 6 aliphatic heterocycles. The van der Waals surface area contributed by atoms with Crippen LogP contribution in [0.1, 0.15) is 75.3 Å². The normalized spacial score (nSPS) is 35.5. The maximum atomic E-state index is 15.7. The average molecular weight is 933 g/mol. The predicted molar refractivity (Wildman–Crippen MR) is 250 cm³/mol. The summed E-state index contributed by atoms with van der Waals surface area (Å²) in [7, 11) is 6.34. The van der Waals surface area contributed by atoms with Crippen LogP contribution >= 0.6 is 11.8 Å². The highest BCUT2D eigenvalue weighted by Gasteiger charge is 2.98. The first-order valence-corrected chi connectivity index (χ1v) is 24.5. The number of epoxide rings is 1. The van der Waals surface area contributed by atoms with Crippen molar-refractivity contribution in [2.24, 2.45) is 11.3 Å². The van der Waals surface area contributed by atoms with E-state index in [1.807, 2.05) is 49.2 Å². The van der Waals surface area contributed by atoms with Gasteiger partial charge in [0.1, 0.15) is 16.9 Å². The van der Waals surface area contributed by atoms with Crippen LogP contribution in [0.4, 0.5) is 5.69 Å². The second kappa shape index (κ2) is 15.2. The number of nitrogens with one attached hydrogen (secondary N) is 1. The van der Waals surface area contributed by atoms with E-state index in [9.17, 15) is 19.8 Å². The number of phenols is 1. The Balaban J connectivity index is 1.19. The molecule has 14 nitrogen and oxygen atoms in total. The van der Waals surface area contributed by atoms with Crippen LogP contribution in [0, 0.1) is 11.3 Å². The van der Waals surface area contributed by atoms with Crippen LogP contribution in [0.5, 0.6) is 11.5 Å². The highest BCUT2D eigenvalue weighted by Crippen LogP contribution is 2.80. The number of para-hydroxylation sites is 1. The number of H-pyrrole nitrogens is 1. The summed E-state index contributed by atoms with van der Waals surface area (Å²) in [6.07, 6.45) is 6.34. The number of carbonyl (C=O) groups is 3. The number of aromatic amines is 1. The smallest absolute Gasteiger partial charge is 0.347 e. The Kier molecular flexibility index (Phi) is 10.1. The summed E-state index contributed by atoms with van der Waals surface area (Å²) < 4.78 is 31.7. The van der Waals surface area contributed by atoms with Crippen molar-refractivity contribution >= 4 is 46.3 Å². The number of esters is 3. The molecular formula is C52H60N4O10S. The van der Waals surface area contributed by atoms with Crippen molar-refractivity contribution in [3.8, 4) is 11.5 Å². The summed E-state index contributed by atoms with van der Waals surface area (Å²) in [4.78, 5) is 55.8. The van der Waals surface area contributed by atoms with Crippen molar-refractivity contribution < 1.29 is 48.3 Å². The molecule has 67 heavy (non-hydrogen) atoms. The van der Waals surface area contributed by atoms with Gasteiger partial charge in [-0.05, 0) is 98.5 Å². The molecule has 4 aromatic rings. The Hall–Kier alpha value is -5.06. The lowest BCUT2D eigenvalue weighted by molar-refractivity contribution is -0.178. The standard InChI is InChI=1S/C52H60N4O10S/c1-8-47(61)26-31-27-49(45(59)63-6,42-33(17-21-55(28-31)29-47)34-23-32(15-16-37(34)53-42)67-41-14-11-10-13-39(41)58)36-24-35-38(25-40(36)62-5)54(4)52-50(35)19-22-56-20-12-18-48(9-2,43(50)56)44(65-30(3)57)51(52,66-52)46(60)64-7/h10-16,18,23-25,31,43-44,53,58,61H,8-9,17,19-22,26-29H2,1-7H3/t31-,43+,44-,47+,48-,49+,50-,51+,52+/m1/s1. The molecule has 10 atom stereocenters. The van der Waals surface area contributed by atoms with Crippen LogP contribution in [0.15, 0.2) is 76.5 Å². The van der Waals surface area contributed by atoms with Gasteiger partial charge in [-0.15, -0.1) is 0 Å². The van der Waals surface area contributed by atoms with Crippen molar-refractivity contribution in [1.82, 2.24) is 14.8 Å². The molecule has 1 unspecified atom stereocenters. The number of benzene rings is 3. The van der Waals surface area contributed by atoms with Gasteiger partial charge >= 0.3 is 17.9 Å². The van der Waals surface area contributed by atoms with Crippen LogP contribution in [-0.2, 0) is 50.6 Å². The Morgan fingerprint density at radius 1 is 0.970 bits per heavy atom. The molecule has 0 radical (unpaired) electrons. The largest absolute Gasteiger partial charge is 0.507 e. The van der Waals surface area contributed by atoms with E-state index in [-0.39, 0.29) is 17.7 Å². The highest BCUT2D eigenvalue weighted by atomic mass is 32.2. The number of piperidine rings is 1. The number of likely N-dealkylation sites (N-methyl/N-ethyl adjacent to an activating group) is 1. The summed E-state index contributed by atoms with van der Waals surface area (Å²) in [6, 6.07) is 17.3. The van der Waals surface area contributed by atoms with Crippen LogP contribution in [0.3, 0.4) is 0 Å². The second-order valence-electron chi connectivity index (χ2n) is 20.1. The monoisotopic (exact) mass is 932 g/mol. The number of hydrogen-bond acceptors (Lipinski definition) is 14. The summed E-state index contributed by atoms with van der Waals surface area (Å²) >= 11 is 1.47. The topological polar surface area (TPSA) is 167 Å². The molecule has 354 valence electrons. The molecule has 0 amide bonds. The molecule has 4 fully saturated rings. The van der Waals surface area contributed by atoms with Crippen LogP contribution in [0.25, 0.3) is 10.9 Å². The third-order valence-electron chi connectivity index (χ3n) is 17.2. The first-order valence-electron chi connectivity index (χ1n) is 23.7. The zero-order valence-electron chi connectivity index (χ0n) is 39.3. The van der Waals surface area contributed by atoms with Gasteiger partial charge in [-0.25, -0.2) is 4.79 Å². The Morgan fingerprint density at radius 3 is 2.48 bits per heavy atom. The summed E-state index contributed by atoms with van der Waals surface area (Å²) in [5.41, 5.74) is -2.36. The lowest BCUT2D eigenvalue weighted by atomic mass is 9.49. The fourth-order valence-corrected chi connectivity index (χ4v) is 15.5. The molecule has 3 aromatic carbocycles. The van der Waals surface area contributed by atoms with Crippen LogP contribution in [0.2, 0.25) is 0 Å². The predicted octanol–water partition coefficient (Wildman–Crippen LogP) is 6.21. The number of hydrogen-bond donors (Lipinski definition) is 3. The maximum Gasteiger partial charge on any atom is 0.347 e. The zero-order chi connectivity index (χ0) is 47.1. The van der Waals surface area contributed by atoms with Gasteiger partial charge in [-0.2, -0.15) is 0 Å². The number of ether oxygens (including phenoxy) is 5. The van der Waals surface area contributed by atoms with E-state index in [4.69, 9.17) is 23.7 Å². The summed E-state index contributed by atoms with van der Waals surface area (Å²) in [5.74, 6) is -1.06. The fraction of sp³-hybridized carbons (Fsp3) is 0.519. The second-order valence-corrected chi connectivity index (χ2v) is 21.2. The number of aromatic hydroxyl groups is 1. The summed E-state index contributed by atoms with van der Waals surface area (Å²) in [6.45, 7) is 8.68. The molecular weight excluding hydrogens is 873 g/mol. The van der Waals surface area contributed by atoms with Gasteiger partial charge in [0.05, 0.1) is 37.2 Å². The van der Waals surface area contributed by atoms with Gasteiger partial charge in [0.15, 0.2) is 11.8 Å². The maximum absolute atomic E-state index is 15.7. The van der Waals surface area contributed by atoms with Gasteiger partial charge in [0.2, 0.25) is 0 Å². The van der Waals surface area contributed by atoms with Gasteiger partial charge in [-0.1, -0.05) is 49.9 Å². The minimum absolute atomic E-state index is 0.136. The number of rotatable bonds is 9. The number of carbonyl (C=O) groups excluding carboxylic acids is 3. The quantitative estimate of drug-likeness (QED) is 0.0750. The Morgan fingerprint density at radius 2 is 1.76 bits per heavy atom. The van der Waals surface area contributed by atoms with Crippen molar-refractivity contribution in [1.29, 1.82) is 0 Å². The molecule has 7 aliphatic rings. The average Bonchev–Trinajstić information content (AvgIpc) is 3.57. The van der Waals surface area contributed by atoms with E-state index in [1.54, 1.807) is 19.2 Å². The van der Waals surface area contributed by atoms with Crippen molar-refractivity contribution in [3.63, 3.8) is 0 Å². The van der Waals surface area contributed by atoms with Gasteiger partial charge < -0.3 is 43.8 Å². The third kappa shape index (κ3) is 5.63. The van der Waals surface area contributed by atoms with Crippen molar-refractivity contribution in [2.75, 3.05) is 66.0 Å². The first-order chi connectivity index (χ1) is 32.2. The molecule has 15 heteroatoms. The summed E-state index contributed by atoms with van der Waals surface area (Å²) in [5, 5.41) is 23.9. The minimum atomic E-state index is -1.69. The number of nitrogens with zero attached hydrogens (tertiary/aromatic N) is 3. The van der Waals surface area contributed by atoms with E-state index in [0.717, 1.165) is 37.5 Å². The van der Waals surface area contributed by atoms with E-state index in [2.05, 4.69) is 46.0 Å². The highest BCUT2D eigenvalue weighted by molar-refractivity contribution is 7.99. The lowest BCUT2D eigenvalue weighted by Gasteiger charge is -2.58. The van der Waals surface area contributed by atoms with Gasteiger partial charge in [0, 0.05) is 90.4 Å². The first kappa shape index (κ1) is 44.4. The van der Waals surface area contributed by atoms with Crippen molar-refractivity contribution in [2.45, 2.75) is 109 Å². The van der Waals surface area contributed by atoms with E-state index in [0.29, 0.717) is 88.3 Å². The van der Waals surface area contributed by atoms with E-state index < -0.39 is 57.2 Å². The SMILES string of the molecule is CC[C@]1(O)C[C@H]2CN(CCc3c([nH]c4ccc(Sc5ccccc5O)cc34)[C@@](C(=O)OC)(c3cc4c(cc3OC)N(C)[C@@]35O[C@]3(C(=O)OC)[C@H](OC(C)=O)[C@]3(CC)C=CCN6CC[C@]45[C@@H]63)C2)C1. The number of anilines is 1. The molecule has 1 saturated carbocycles. The molecule has 11 rings (SSSR count). The number of aliphatic hydroxyl groups is 1. The number of fused-ring (bicyclic) bond motifs is 6. The van der Waals surface area contributed by atoms with Gasteiger partial charge in [0.25, 0.3) is 5.60 Å². The minimum Gasteiger partial charge on any atom is -0.507 e. The van der Waals surface area contributed by atoms with Crippen molar-refractivity contribution in [3.05, 3.63) is 89.1 Å². The molecule has 2 spiro atoms. The Labute approximate surface area is 394 Å². The van der Waals surface area contributed by atoms with Gasteiger partial charge in [-0.3, -0.25) is 19.4 Å². The number of methoxy groups -OCH3 is 3.